The van der Waals surface area contributed by atoms with Crippen LogP contribution in [-0.2, 0) is 10.0 Å². The van der Waals surface area contributed by atoms with Crippen molar-refractivity contribution in [3.63, 3.8) is 0 Å². The van der Waals surface area contributed by atoms with Crippen molar-refractivity contribution in [1.29, 1.82) is 5.26 Å². The number of aromatic nitrogens is 1. The normalized spacial score (nSPS) is 14.9. The maximum atomic E-state index is 12.2. The van der Waals surface area contributed by atoms with Gasteiger partial charge in [-0.3, -0.25) is 0 Å². The molecule has 8 nitrogen and oxygen atoms in total. The molecular formula is C14H16N4O4S. The van der Waals surface area contributed by atoms with E-state index in [9.17, 15) is 8.42 Å². The Morgan fingerprint density at radius 3 is 2.65 bits per heavy atom. The molecule has 0 unspecified atom stereocenters. The Labute approximate surface area is 133 Å². The van der Waals surface area contributed by atoms with E-state index in [1.165, 1.54) is 20.2 Å². The molecule has 0 aromatic carbocycles. The third kappa shape index (κ3) is 2.83. The summed E-state index contributed by atoms with van der Waals surface area (Å²) < 4.78 is 36.6. The molecule has 0 amide bonds. The molecule has 0 radical (unpaired) electrons. The molecule has 1 saturated carbocycles. The monoisotopic (exact) mass is 336 g/mol. The minimum Gasteiger partial charge on any atom is -0.455 e. The Hall–Kier alpha value is -2.31. The van der Waals surface area contributed by atoms with Crippen molar-refractivity contribution in [3.05, 3.63) is 17.5 Å². The van der Waals surface area contributed by atoms with E-state index < -0.39 is 10.0 Å². The lowest BCUT2D eigenvalue weighted by Crippen LogP contribution is -2.22. The molecule has 23 heavy (non-hydrogen) atoms. The second-order valence-corrected chi connectivity index (χ2v) is 7.67. The van der Waals surface area contributed by atoms with Crippen molar-refractivity contribution < 1.29 is 17.3 Å². The summed E-state index contributed by atoms with van der Waals surface area (Å²) in [6.45, 7) is 1.55. The Morgan fingerprint density at radius 2 is 2.09 bits per heavy atom. The van der Waals surface area contributed by atoms with E-state index in [-0.39, 0.29) is 33.9 Å². The van der Waals surface area contributed by atoms with Gasteiger partial charge < -0.3 is 14.2 Å². The molecule has 0 atom stereocenters. The van der Waals surface area contributed by atoms with E-state index in [1.54, 1.807) is 6.92 Å². The summed E-state index contributed by atoms with van der Waals surface area (Å²) in [5.41, 5.74) is 0.123. The standard InChI is InChI=1S/C14H16N4O4S/c1-8-12(23(19,20)18(2)3)6-11(21-8)14-17-10(7-15)13(22-14)16-9-4-5-9/h6,9,16H,4-5H2,1-3H3. The van der Waals surface area contributed by atoms with E-state index in [4.69, 9.17) is 14.1 Å². The molecule has 1 N–H and O–H groups in total. The van der Waals surface area contributed by atoms with Gasteiger partial charge in [0.25, 0.3) is 5.89 Å². The predicted molar refractivity (Wildman–Crippen MR) is 81.2 cm³/mol. The van der Waals surface area contributed by atoms with Gasteiger partial charge >= 0.3 is 0 Å². The Morgan fingerprint density at radius 1 is 1.39 bits per heavy atom. The van der Waals surface area contributed by atoms with Crippen LogP contribution in [-0.4, -0.2) is 37.8 Å². The summed E-state index contributed by atoms with van der Waals surface area (Å²) >= 11 is 0. The van der Waals surface area contributed by atoms with Gasteiger partial charge in [0.2, 0.25) is 21.6 Å². The van der Waals surface area contributed by atoms with Crippen molar-refractivity contribution in [2.24, 2.45) is 0 Å². The van der Waals surface area contributed by atoms with Crippen LogP contribution in [0, 0.1) is 18.3 Å². The number of nitriles is 1. The number of rotatable bonds is 5. The van der Waals surface area contributed by atoms with Gasteiger partial charge in [-0.15, -0.1) is 0 Å². The van der Waals surface area contributed by atoms with Crippen molar-refractivity contribution in [1.82, 2.24) is 9.29 Å². The Balaban J connectivity index is 2.00. The van der Waals surface area contributed by atoms with E-state index >= 15 is 0 Å². The van der Waals surface area contributed by atoms with Crippen LogP contribution in [0.25, 0.3) is 11.7 Å². The van der Waals surface area contributed by atoms with Crippen LogP contribution in [0.1, 0.15) is 24.3 Å². The molecule has 0 saturated heterocycles. The highest BCUT2D eigenvalue weighted by Gasteiger charge is 2.28. The van der Waals surface area contributed by atoms with Gasteiger partial charge in [-0.2, -0.15) is 10.2 Å². The van der Waals surface area contributed by atoms with Gasteiger partial charge in [-0.25, -0.2) is 12.7 Å². The van der Waals surface area contributed by atoms with E-state index in [2.05, 4.69) is 10.3 Å². The van der Waals surface area contributed by atoms with Crippen molar-refractivity contribution in [2.45, 2.75) is 30.7 Å². The Bertz CT molecular complexity index is 885. The number of sulfonamides is 1. The number of aryl methyl sites for hydroxylation is 1. The largest absolute Gasteiger partial charge is 0.455 e. The minimum atomic E-state index is -3.62. The highest BCUT2D eigenvalue weighted by Crippen LogP contribution is 2.33. The quantitative estimate of drug-likeness (QED) is 0.887. The lowest BCUT2D eigenvalue weighted by atomic mass is 10.4. The molecule has 3 rings (SSSR count). The van der Waals surface area contributed by atoms with Crippen LogP contribution in [0.2, 0.25) is 0 Å². The number of furan rings is 1. The van der Waals surface area contributed by atoms with Gasteiger partial charge in [0.1, 0.15) is 16.7 Å². The summed E-state index contributed by atoms with van der Waals surface area (Å²) in [5.74, 6) is 0.773. The van der Waals surface area contributed by atoms with Gasteiger partial charge in [-0.1, -0.05) is 0 Å². The number of hydrogen-bond donors (Lipinski definition) is 1. The summed E-state index contributed by atoms with van der Waals surface area (Å²) in [4.78, 5) is 4.12. The van der Waals surface area contributed by atoms with Crippen LogP contribution in [0.5, 0.6) is 0 Å². The second-order valence-electron chi connectivity index (χ2n) is 5.55. The third-order valence-electron chi connectivity index (χ3n) is 3.49. The fourth-order valence-corrected chi connectivity index (χ4v) is 3.09. The highest BCUT2D eigenvalue weighted by atomic mass is 32.2. The summed E-state index contributed by atoms with van der Waals surface area (Å²) in [5, 5.41) is 12.2. The molecule has 9 heteroatoms. The highest BCUT2D eigenvalue weighted by molar-refractivity contribution is 7.89. The van der Waals surface area contributed by atoms with Gasteiger partial charge in [-0.05, 0) is 19.8 Å². The fourth-order valence-electron chi connectivity index (χ4n) is 2.04. The summed E-state index contributed by atoms with van der Waals surface area (Å²) in [6, 6.07) is 3.61. The number of hydrogen-bond acceptors (Lipinski definition) is 7. The number of nitrogens with zero attached hydrogens (tertiary/aromatic N) is 3. The molecular weight excluding hydrogens is 320 g/mol. The maximum Gasteiger partial charge on any atom is 0.266 e. The van der Waals surface area contributed by atoms with Crippen LogP contribution in [0.3, 0.4) is 0 Å². The molecule has 1 fully saturated rings. The van der Waals surface area contributed by atoms with Crippen LogP contribution in [0.15, 0.2) is 19.8 Å². The summed E-state index contributed by atoms with van der Waals surface area (Å²) in [7, 11) is -0.738. The van der Waals surface area contributed by atoms with Gasteiger partial charge in [0.05, 0.1) is 0 Å². The first kappa shape index (κ1) is 15.6. The van der Waals surface area contributed by atoms with Gasteiger partial charge in [0, 0.05) is 26.2 Å². The first-order valence-corrected chi connectivity index (χ1v) is 8.47. The molecule has 2 aromatic heterocycles. The molecule has 1 aliphatic rings. The minimum absolute atomic E-state index is 0.0471. The molecule has 0 bridgehead atoms. The topological polar surface area (TPSA) is 112 Å². The average Bonchev–Trinajstić information content (AvgIpc) is 3.06. The zero-order valence-corrected chi connectivity index (χ0v) is 13.8. The molecule has 2 aromatic rings. The first-order valence-electron chi connectivity index (χ1n) is 7.03. The molecule has 2 heterocycles. The molecule has 122 valence electrons. The predicted octanol–water partition coefficient (Wildman–Crippen LogP) is 1.94. The fraction of sp³-hybridized carbons (Fsp3) is 0.429. The second kappa shape index (κ2) is 5.40. The number of anilines is 1. The molecule has 0 aliphatic heterocycles. The Kier molecular flexibility index (Phi) is 3.66. The zero-order chi connectivity index (χ0) is 16.8. The molecule has 1 aliphatic carbocycles. The third-order valence-corrected chi connectivity index (χ3v) is 5.41. The smallest absolute Gasteiger partial charge is 0.266 e. The van der Waals surface area contributed by atoms with Crippen molar-refractivity contribution in [3.8, 4) is 17.7 Å². The lowest BCUT2D eigenvalue weighted by Gasteiger charge is -2.09. The zero-order valence-electron chi connectivity index (χ0n) is 13.0. The number of nitrogens with one attached hydrogen (secondary N) is 1. The maximum absolute atomic E-state index is 12.2. The van der Waals surface area contributed by atoms with E-state index in [0.717, 1.165) is 17.1 Å². The van der Waals surface area contributed by atoms with Crippen molar-refractivity contribution >= 4 is 15.9 Å². The van der Waals surface area contributed by atoms with E-state index in [1.807, 2.05) is 6.07 Å². The van der Waals surface area contributed by atoms with Crippen LogP contribution >= 0.6 is 0 Å². The van der Waals surface area contributed by atoms with Crippen LogP contribution in [0.4, 0.5) is 5.88 Å². The molecule has 0 spiro atoms. The van der Waals surface area contributed by atoms with Crippen molar-refractivity contribution in [2.75, 3.05) is 19.4 Å². The summed E-state index contributed by atoms with van der Waals surface area (Å²) in [6.07, 6.45) is 2.04. The van der Waals surface area contributed by atoms with Crippen LogP contribution < -0.4 is 5.32 Å². The SMILES string of the molecule is Cc1oc(-c2nc(C#N)c(NC3CC3)o2)cc1S(=O)(=O)N(C)C. The van der Waals surface area contributed by atoms with E-state index in [0.29, 0.717) is 6.04 Å². The number of oxazole rings is 1. The average molecular weight is 336 g/mol. The van der Waals surface area contributed by atoms with Gasteiger partial charge in [0.15, 0.2) is 5.76 Å². The first-order chi connectivity index (χ1) is 10.8. The lowest BCUT2D eigenvalue weighted by molar-refractivity contribution is 0.492.